The van der Waals surface area contributed by atoms with Crippen LogP contribution in [0.25, 0.3) is 0 Å². The number of benzene rings is 1. The Kier molecular flexibility index (Phi) is 3.10. The number of nitro groups is 1. The molecule has 88 valence electrons. The minimum absolute atomic E-state index is 0.135. The Hall–Kier alpha value is -1.88. The van der Waals surface area contributed by atoms with E-state index in [1.54, 1.807) is 17.7 Å². The molecule has 6 heteroatoms. The van der Waals surface area contributed by atoms with Gasteiger partial charge in [-0.3, -0.25) is 0 Å². The summed E-state index contributed by atoms with van der Waals surface area (Å²) in [5.74, 6) is -0.135. The Morgan fingerprint density at radius 3 is 2.82 bits per heavy atom. The van der Waals surface area contributed by atoms with Crippen molar-refractivity contribution >= 4 is 17.4 Å². The number of hydrogen-bond donors (Lipinski definition) is 0. The van der Waals surface area contributed by atoms with Crippen molar-refractivity contribution in [2.24, 2.45) is 0 Å². The molecule has 0 unspecified atom stereocenters. The van der Waals surface area contributed by atoms with Crippen LogP contribution in [0.3, 0.4) is 0 Å². The van der Waals surface area contributed by atoms with E-state index in [1.807, 2.05) is 18.2 Å². The Labute approximate surface area is 103 Å². The van der Waals surface area contributed by atoms with Gasteiger partial charge in [0.25, 0.3) is 0 Å². The average molecular weight is 252 g/mol. The van der Waals surface area contributed by atoms with Crippen molar-refractivity contribution in [3.05, 3.63) is 56.7 Å². The summed E-state index contributed by atoms with van der Waals surface area (Å²) in [4.78, 5) is 10.1. The second kappa shape index (κ2) is 4.55. The van der Waals surface area contributed by atoms with Crippen molar-refractivity contribution in [1.82, 2.24) is 9.78 Å². The molecule has 5 nitrogen and oxygen atoms in total. The van der Waals surface area contributed by atoms with Crippen LogP contribution in [0.5, 0.6) is 0 Å². The Balaban J connectivity index is 2.27. The van der Waals surface area contributed by atoms with E-state index in [1.165, 1.54) is 6.07 Å². The molecule has 0 aliphatic rings. The fraction of sp³-hybridized carbons (Fsp3) is 0.182. The summed E-state index contributed by atoms with van der Waals surface area (Å²) in [5.41, 5.74) is 1.70. The highest BCUT2D eigenvalue weighted by atomic mass is 35.5. The summed E-state index contributed by atoms with van der Waals surface area (Å²) in [5, 5.41) is 15.1. The van der Waals surface area contributed by atoms with E-state index in [9.17, 15) is 10.1 Å². The lowest BCUT2D eigenvalue weighted by atomic mass is 10.2. The number of aryl methyl sites for hydroxylation is 1. The van der Waals surface area contributed by atoms with Crippen molar-refractivity contribution in [3.63, 3.8) is 0 Å². The molecule has 0 spiro atoms. The van der Waals surface area contributed by atoms with E-state index < -0.39 is 4.92 Å². The molecule has 17 heavy (non-hydrogen) atoms. The highest BCUT2D eigenvalue weighted by molar-refractivity contribution is 6.30. The molecule has 2 rings (SSSR count). The summed E-state index contributed by atoms with van der Waals surface area (Å²) in [6, 6.07) is 8.78. The summed E-state index contributed by atoms with van der Waals surface area (Å²) in [6.07, 6.45) is 0. The highest BCUT2D eigenvalue weighted by Gasteiger charge is 2.15. The Bertz CT molecular complexity index is 566. The Morgan fingerprint density at radius 1 is 1.47 bits per heavy atom. The molecule has 0 aliphatic carbocycles. The van der Waals surface area contributed by atoms with Crippen molar-refractivity contribution in [2.45, 2.75) is 13.5 Å². The summed E-state index contributed by atoms with van der Waals surface area (Å²) in [6.45, 7) is 2.25. The maximum atomic E-state index is 10.6. The lowest BCUT2D eigenvalue weighted by Gasteiger charge is -2.00. The number of halogens is 1. The molecular formula is C11H10ClN3O2. The molecule has 1 aromatic carbocycles. The maximum absolute atomic E-state index is 10.6. The van der Waals surface area contributed by atoms with Crippen LogP contribution < -0.4 is 0 Å². The monoisotopic (exact) mass is 251 g/mol. The van der Waals surface area contributed by atoms with Crippen molar-refractivity contribution in [2.75, 3.05) is 0 Å². The van der Waals surface area contributed by atoms with E-state index in [4.69, 9.17) is 11.6 Å². The van der Waals surface area contributed by atoms with Gasteiger partial charge in [-0.1, -0.05) is 23.7 Å². The van der Waals surface area contributed by atoms with Gasteiger partial charge in [0.05, 0.1) is 23.4 Å². The minimum Gasteiger partial charge on any atom is -0.358 e. The highest BCUT2D eigenvalue weighted by Crippen LogP contribution is 2.15. The third kappa shape index (κ3) is 2.62. The van der Waals surface area contributed by atoms with Crippen LogP contribution in [-0.2, 0) is 6.54 Å². The fourth-order valence-corrected chi connectivity index (χ4v) is 1.76. The van der Waals surface area contributed by atoms with Gasteiger partial charge in [0.15, 0.2) is 0 Å². The lowest BCUT2D eigenvalue weighted by Crippen LogP contribution is -2.04. The van der Waals surface area contributed by atoms with Crippen LogP contribution in [-0.4, -0.2) is 14.7 Å². The molecule has 0 N–H and O–H groups in total. The smallest absolute Gasteiger partial charge is 0.358 e. The zero-order valence-corrected chi connectivity index (χ0v) is 9.89. The summed E-state index contributed by atoms with van der Waals surface area (Å²) < 4.78 is 1.59. The predicted octanol–water partition coefficient (Wildman–Crippen LogP) is 2.80. The molecule has 0 atom stereocenters. The molecule has 0 bridgehead atoms. The minimum atomic E-state index is -0.499. The molecule has 1 aromatic heterocycles. The van der Waals surface area contributed by atoms with Crippen LogP contribution in [0.1, 0.15) is 11.3 Å². The van der Waals surface area contributed by atoms with Crippen LogP contribution in [0.15, 0.2) is 30.3 Å². The molecule has 0 saturated heterocycles. The molecule has 0 radical (unpaired) electrons. The van der Waals surface area contributed by atoms with Gasteiger partial charge in [0.1, 0.15) is 0 Å². The van der Waals surface area contributed by atoms with Crippen LogP contribution in [0.2, 0.25) is 5.02 Å². The van der Waals surface area contributed by atoms with Gasteiger partial charge >= 0.3 is 5.82 Å². The summed E-state index contributed by atoms with van der Waals surface area (Å²) in [7, 11) is 0. The van der Waals surface area contributed by atoms with Crippen LogP contribution >= 0.6 is 11.6 Å². The first-order valence-electron chi connectivity index (χ1n) is 4.99. The molecule has 2 aromatic rings. The third-order valence-corrected chi connectivity index (χ3v) is 2.61. The fourth-order valence-electron chi connectivity index (χ4n) is 1.55. The molecular weight excluding hydrogens is 242 g/mol. The number of nitrogens with zero attached hydrogens (tertiary/aromatic N) is 3. The van der Waals surface area contributed by atoms with Crippen LogP contribution in [0.4, 0.5) is 5.82 Å². The number of aromatic nitrogens is 2. The topological polar surface area (TPSA) is 61.0 Å². The van der Waals surface area contributed by atoms with E-state index in [2.05, 4.69) is 5.10 Å². The van der Waals surface area contributed by atoms with Crippen molar-refractivity contribution in [1.29, 1.82) is 0 Å². The molecule has 1 heterocycles. The van der Waals surface area contributed by atoms with Gasteiger partial charge < -0.3 is 10.1 Å². The van der Waals surface area contributed by atoms with Crippen molar-refractivity contribution < 1.29 is 4.92 Å². The zero-order chi connectivity index (χ0) is 12.4. The summed E-state index contributed by atoms with van der Waals surface area (Å²) >= 11 is 5.87. The van der Waals surface area contributed by atoms with E-state index in [0.29, 0.717) is 11.6 Å². The van der Waals surface area contributed by atoms with Gasteiger partial charge in [-0.15, -0.1) is 0 Å². The van der Waals surface area contributed by atoms with E-state index >= 15 is 0 Å². The number of rotatable bonds is 3. The Morgan fingerprint density at radius 2 is 2.24 bits per heavy atom. The first kappa shape index (κ1) is 11.6. The molecule has 0 amide bonds. The first-order chi connectivity index (χ1) is 8.06. The van der Waals surface area contributed by atoms with Gasteiger partial charge in [-0.25, -0.2) is 0 Å². The van der Waals surface area contributed by atoms with Gasteiger partial charge in [0, 0.05) is 5.02 Å². The predicted molar refractivity (Wildman–Crippen MR) is 64.2 cm³/mol. The zero-order valence-electron chi connectivity index (χ0n) is 9.13. The van der Waals surface area contributed by atoms with E-state index in [-0.39, 0.29) is 5.82 Å². The quantitative estimate of drug-likeness (QED) is 0.622. The molecule has 0 fully saturated rings. The lowest BCUT2D eigenvalue weighted by molar-refractivity contribution is -0.389. The maximum Gasteiger partial charge on any atom is 0.390 e. The largest absolute Gasteiger partial charge is 0.390 e. The molecule has 0 saturated carbocycles. The third-order valence-electron chi connectivity index (χ3n) is 2.38. The molecule has 0 aliphatic heterocycles. The average Bonchev–Trinajstić information content (AvgIpc) is 2.61. The van der Waals surface area contributed by atoms with E-state index in [0.717, 1.165) is 11.3 Å². The first-order valence-corrected chi connectivity index (χ1v) is 5.37. The second-order valence-corrected chi connectivity index (χ2v) is 4.13. The normalized spacial score (nSPS) is 10.5. The van der Waals surface area contributed by atoms with Crippen molar-refractivity contribution in [3.8, 4) is 0 Å². The van der Waals surface area contributed by atoms with Gasteiger partial charge in [0.2, 0.25) is 0 Å². The second-order valence-electron chi connectivity index (χ2n) is 3.69. The standard InChI is InChI=1S/C11H10ClN3O2/c1-8-5-11(15(16)17)13-14(8)7-9-3-2-4-10(12)6-9/h2-6H,7H2,1H3. The number of hydrogen-bond acceptors (Lipinski definition) is 3. The van der Waals surface area contributed by atoms with Crippen LogP contribution in [0, 0.1) is 17.0 Å². The van der Waals surface area contributed by atoms with Gasteiger partial charge in [-0.05, 0) is 29.5 Å². The van der Waals surface area contributed by atoms with Gasteiger partial charge in [-0.2, -0.15) is 4.68 Å². The SMILES string of the molecule is Cc1cc([N+](=O)[O-])nn1Cc1cccc(Cl)c1.